The number of carbonyl (C=O) groups is 1. The molecule has 2 aliphatic rings. The molecule has 7 heteroatoms. The minimum absolute atomic E-state index is 0.148. The fraction of sp³-hybridized carbons (Fsp3) is 0.615. The maximum absolute atomic E-state index is 12.6. The molecule has 2 heterocycles. The first-order valence-corrected chi connectivity index (χ1v) is 8.05. The Hall–Kier alpha value is -1.05. The number of nitrogens with zero attached hydrogens (tertiary/aromatic N) is 1. The Morgan fingerprint density at radius 3 is 2.80 bits per heavy atom. The molecule has 0 bridgehead atoms. The van der Waals surface area contributed by atoms with Crippen LogP contribution < -0.4 is 11.1 Å². The second-order valence-electron chi connectivity index (χ2n) is 5.36. The van der Waals surface area contributed by atoms with Crippen LogP contribution in [-0.2, 0) is 9.53 Å². The van der Waals surface area contributed by atoms with Crippen molar-refractivity contribution in [3.8, 4) is 0 Å². The first-order valence-electron chi connectivity index (χ1n) is 6.76. The quantitative estimate of drug-likeness (QED) is 0.832. The van der Waals surface area contributed by atoms with Gasteiger partial charge in [0.25, 0.3) is 0 Å². The van der Waals surface area contributed by atoms with Crippen molar-refractivity contribution >= 4 is 39.6 Å². The lowest BCUT2D eigenvalue weighted by molar-refractivity contribution is -0.126. The third-order valence-corrected chi connectivity index (χ3v) is 5.16. The predicted molar refractivity (Wildman–Crippen MR) is 82.0 cm³/mol. The lowest BCUT2D eigenvalue weighted by Gasteiger charge is -2.34. The number of ether oxygens (including phenoxy) is 1. The first kappa shape index (κ1) is 13.9. The van der Waals surface area contributed by atoms with E-state index in [4.69, 9.17) is 22.7 Å². The van der Waals surface area contributed by atoms with Crippen LogP contribution in [0.3, 0.4) is 0 Å². The summed E-state index contributed by atoms with van der Waals surface area (Å²) < 4.78 is 5.31. The van der Waals surface area contributed by atoms with E-state index >= 15 is 0 Å². The van der Waals surface area contributed by atoms with Gasteiger partial charge in [-0.15, -0.1) is 11.3 Å². The van der Waals surface area contributed by atoms with E-state index in [1.54, 1.807) is 0 Å². The van der Waals surface area contributed by atoms with Gasteiger partial charge in [0.15, 0.2) is 5.13 Å². The van der Waals surface area contributed by atoms with Crippen molar-refractivity contribution in [1.29, 1.82) is 0 Å². The fourth-order valence-corrected chi connectivity index (χ4v) is 3.52. The first-order chi connectivity index (χ1) is 9.62. The van der Waals surface area contributed by atoms with Crippen LogP contribution >= 0.6 is 23.6 Å². The second kappa shape index (κ2) is 5.38. The number of nitrogens with two attached hydrogens (primary N) is 1. The highest BCUT2D eigenvalue weighted by atomic mass is 32.1. The summed E-state index contributed by atoms with van der Waals surface area (Å²) in [5.41, 5.74) is 6.11. The zero-order valence-corrected chi connectivity index (χ0v) is 12.7. The van der Waals surface area contributed by atoms with Gasteiger partial charge in [-0.25, -0.2) is 4.98 Å². The Kier molecular flexibility index (Phi) is 3.74. The molecule has 1 aromatic heterocycles. The van der Waals surface area contributed by atoms with Crippen LogP contribution in [0.15, 0.2) is 5.38 Å². The van der Waals surface area contributed by atoms with E-state index in [2.05, 4.69) is 10.3 Å². The van der Waals surface area contributed by atoms with Gasteiger partial charge in [-0.05, 0) is 25.7 Å². The number of hydrogen-bond donors (Lipinski definition) is 2. The molecule has 2 fully saturated rings. The average molecular weight is 311 g/mol. The van der Waals surface area contributed by atoms with Gasteiger partial charge in [-0.2, -0.15) is 0 Å². The smallest absolute Gasteiger partial charge is 0.239 e. The number of aromatic nitrogens is 1. The molecular formula is C13H17N3O2S2. The van der Waals surface area contributed by atoms with Crippen molar-refractivity contribution in [1.82, 2.24) is 4.98 Å². The molecule has 1 amide bonds. The molecule has 3 rings (SSSR count). The van der Waals surface area contributed by atoms with E-state index in [-0.39, 0.29) is 10.9 Å². The van der Waals surface area contributed by atoms with Crippen LogP contribution in [0.4, 0.5) is 5.13 Å². The zero-order valence-electron chi connectivity index (χ0n) is 11.1. The standard InChI is InChI=1S/C13H17N3O2S2/c14-10(19)13(3-5-18-6-4-13)11(17)16-12-15-9(7-20-12)8-1-2-8/h7-8H,1-6H2,(H2,14,19)(H,15,16,17). The summed E-state index contributed by atoms with van der Waals surface area (Å²) in [5.74, 6) is 0.439. The monoisotopic (exact) mass is 311 g/mol. The molecule has 5 nitrogen and oxygen atoms in total. The van der Waals surface area contributed by atoms with Gasteiger partial charge in [-0.3, -0.25) is 4.79 Å². The van der Waals surface area contributed by atoms with Gasteiger partial charge in [0, 0.05) is 24.5 Å². The molecule has 0 spiro atoms. The minimum atomic E-state index is -0.793. The molecule has 1 saturated carbocycles. The summed E-state index contributed by atoms with van der Waals surface area (Å²) in [7, 11) is 0. The number of thiocarbonyl (C=S) groups is 1. The lowest BCUT2D eigenvalue weighted by Crippen LogP contribution is -2.49. The maximum atomic E-state index is 12.6. The van der Waals surface area contributed by atoms with Crippen LogP contribution in [0.1, 0.15) is 37.3 Å². The van der Waals surface area contributed by atoms with Crippen LogP contribution in [0, 0.1) is 5.41 Å². The summed E-state index contributed by atoms with van der Waals surface area (Å²) in [6, 6.07) is 0. The number of carbonyl (C=O) groups excluding carboxylic acids is 1. The summed E-state index contributed by atoms with van der Waals surface area (Å²) in [5, 5.41) is 5.54. The molecule has 0 atom stereocenters. The van der Waals surface area contributed by atoms with E-state index in [1.165, 1.54) is 24.2 Å². The highest BCUT2D eigenvalue weighted by Crippen LogP contribution is 2.41. The summed E-state index contributed by atoms with van der Waals surface area (Å²) in [6.07, 6.45) is 3.47. The van der Waals surface area contributed by atoms with E-state index in [1.807, 2.05) is 5.38 Å². The lowest BCUT2D eigenvalue weighted by atomic mass is 9.79. The molecule has 0 aromatic carbocycles. The van der Waals surface area contributed by atoms with Crippen molar-refractivity contribution in [2.45, 2.75) is 31.6 Å². The van der Waals surface area contributed by atoms with E-state index in [0.717, 1.165) is 5.69 Å². The molecule has 1 aromatic rings. The number of amides is 1. The fourth-order valence-electron chi connectivity index (χ4n) is 2.43. The normalized spacial score (nSPS) is 21.4. The Morgan fingerprint density at radius 1 is 1.50 bits per heavy atom. The van der Waals surface area contributed by atoms with E-state index in [9.17, 15) is 4.79 Å². The minimum Gasteiger partial charge on any atom is -0.392 e. The Balaban J connectivity index is 1.73. The zero-order chi connectivity index (χ0) is 14.2. The molecule has 1 saturated heterocycles. The molecule has 20 heavy (non-hydrogen) atoms. The van der Waals surface area contributed by atoms with Crippen LogP contribution in [0.2, 0.25) is 0 Å². The number of hydrogen-bond acceptors (Lipinski definition) is 5. The number of anilines is 1. The maximum Gasteiger partial charge on any atom is 0.239 e. The van der Waals surface area contributed by atoms with Gasteiger partial charge in [0.2, 0.25) is 5.91 Å². The Bertz CT molecular complexity index is 533. The predicted octanol–water partition coefficient (Wildman–Crippen LogP) is 2.04. The molecule has 1 aliphatic carbocycles. The van der Waals surface area contributed by atoms with Crippen molar-refractivity contribution < 1.29 is 9.53 Å². The number of nitrogens with one attached hydrogen (secondary N) is 1. The topological polar surface area (TPSA) is 77.2 Å². The molecular weight excluding hydrogens is 294 g/mol. The van der Waals surface area contributed by atoms with Crippen LogP contribution in [0.5, 0.6) is 0 Å². The Morgan fingerprint density at radius 2 is 2.20 bits per heavy atom. The van der Waals surface area contributed by atoms with E-state index < -0.39 is 5.41 Å². The van der Waals surface area contributed by atoms with Crippen LogP contribution in [0.25, 0.3) is 0 Å². The van der Waals surface area contributed by atoms with Gasteiger partial charge in [0.1, 0.15) is 5.41 Å². The average Bonchev–Trinajstić information content (AvgIpc) is 3.20. The van der Waals surface area contributed by atoms with Crippen molar-refractivity contribution in [3.63, 3.8) is 0 Å². The SMILES string of the molecule is NC(=S)C1(C(=O)Nc2nc(C3CC3)cs2)CCOCC1. The van der Waals surface area contributed by atoms with Gasteiger partial charge >= 0.3 is 0 Å². The molecule has 108 valence electrons. The molecule has 0 radical (unpaired) electrons. The highest BCUT2D eigenvalue weighted by Gasteiger charge is 2.43. The van der Waals surface area contributed by atoms with Crippen LogP contribution in [-0.4, -0.2) is 29.1 Å². The summed E-state index contributed by atoms with van der Waals surface area (Å²) in [4.78, 5) is 17.3. The third kappa shape index (κ3) is 2.57. The van der Waals surface area contributed by atoms with Crippen molar-refractivity contribution in [2.75, 3.05) is 18.5 Å². The van der Waals surface area contributed by atoms with E-state index in [0.29, 0.717) is 37.1 Å². The third-order valence-electron chi connectivity index (χ3n) is 3.99. The highest BCUT2D eigenvalue weighted by molar-refractivity contribution is 7.80. The van der Waals surface area contributed by atoms with Gasteiger partial charge in [0.05, 0.1) is 10.7 Å². The number of thiazole rings is 1. The summed E-state index contributed by atoms with van der Waals surface area (Å²) in [6.45, 7) is 1.02. The van der Waals surface area contributed by atoms with Gasteiger partial charge in [-0.1, -0.05) is 12.2 Å². The summed E-state index contributed by atoms with van der Waals surface area (Å²) >= 11 is 6.58. The molecule has 0 unspecified atom stereocenters. The molecule has 1 aliphatic heterocycles. The largest absolute Gasteiger partial charge is 0.392 e. The van der Waals surface area contributed by atoms with Gasteiger partial charge < -0.3 is 15.8 Å². The Labute approximate surface area is 126 Å². The van der Waals surface area contributed by atoms with Crippen molar-refractivity contribution in [2.24, 2.45) is 11.1 Å². The van der Waals surface area contributed by atoms with Crippen molar-refractivity contribution in [3.05, 3.63) is 11.1 Å². The number of rotatable bonds is 4. The molecule has 3 N–H and O–H groups in total. The second-order valence-corrected chi connectivity index (χ2v) is 6.66.